The maximum atomic E-state index is 11.9. The summed E-state index contributed by atoms with van der Waals surface area (Å²) in [6, 6.07) is 3.03. The molecule has 2 heterocycles. The maximum Gasteiger partial charge on any atom is 0.287 e. The van der Waals surface area contributed by atoms with E-state index in [4.69, 9.17) is 9.52 Å². The van der Waals surface area contributed by atoms with E-state index in [1.165, 1.54) is 12.3 Å². The summed E-state index contributed by atoms with van der Waals surface area (Å²) < 4.78 is 4.92. The second-order valence-corrected chi connectivity index (χ2v) is 4.23. The first-order valence-electron chi connectivity index (χ1n) is 5.94. The smallest absolute Gasteiger partial charge is 0.287 e. The number of rotatable bonds is 4. The van der Waals surface area contributed by atoms with Gasteiger partial charge in [0.25, 0.3) is 5.91 Å². The van der Waals surface area contributed by atoms with Crippen molar-refractivity contribution < 1.29 is 19.1 Å². The molecule has 0 aromatic carbocycles. The Kier molecular flexibility index (Phi) is 3.99. The van der Waals surface area contributed by atoms with Gasteiger partial charge in [-0.1, -0.05) is 0 Å². The zero-order chi connectivity index (χ0) is 13.0. The van der Waals surface area contributed by atoms with Crippen molar-refractivity contribution in [3.05, 3.63) is 24.2 Å². The summed E-state index contributed by atoms with van der Waals surface area (Å²) in [7, 11) is 0. The molecular formula is C12H16N2O4. The van der Waals surface area contributed by atoms with Crippen LogP contribution in [-0.4, -0.2) is 47.6 Å². The van der Waals surface area contributed by atoms with Crippen LogP contribution in [0.25, 0.3) is 0 Å². The predicted octanol–water partition coefficient (Wildman–Crippen LogP) is -0.00730. The highest BCUT2D eigenvalue weighted by Crippen LogP contribution is 2.16. The minimum atomic E-state index is -0.409. The van der Waals surface area contributed by atoms with Gasteiger partial charge in [0.15, 0.2) is 5.76 Å². The molecule has 0 spiro atoms. The van der Waals surface area contributed by atoms with E-state index in [9.17, 15) is 9.59 Å². The van der Waals surface area contributed by atoms with Crippen molar-refractivity contribution in [1.82, 2.24) is 10.2 Å². The molecule has 0 bridgehead atoms. The van der Waals surface area contributed by atoms with Gasteiger partial charge in [0.05, 0.1) is 25.5 Å². The monoisotopic (exact) mass is 252 g/mol. The van der Waals surface area contributed by atoms with E-state index in [1.807, 2.05) is 0 Å². The van der Waals surface area contributed by atoms with Crippen molar-refractivity contribution in [2.24, 2.45) is 0 Å². The molecule has 2 rings (SSSR count). The van der Waals surface area contributed by atoms with Gasteiger partial charge in [0.2, 0.25) is 5.91 Å². The molecule has 0 aliphatic carbocycles. The molecule has 0 unspecified atom stereocenters. The highest BCUT2D eigenvalue weighted by atomic mass is 16.3. The fourth-order valence-electron chi connectivity index (χ4n) is 2.11. The molecule has 18 heavy (non-hydrogen) atoms. The lowest BCUT2D eigenvalue weighted by Gasteiger charge is -2.22. The Balaban J connectivity index is 1.83. The van der Waals surface area contributed by atoms with Gasteiger partial charge in [-0.15, -0.1) is 0 Å². The van der Waals surface area contributed by atoms with Crippen molar-refractivity contribution in [2.75, 3.05) is 19.7 Å². The SMILES string of the molecule is O=C(NCC(=O)N1CCC[C@H]1CO)c1ccco1. The van der Waals surface area contributed by atoms with Crippen molar-refractivity contribution in [2.45, 2.75) is 18.9 Å². The summed E-state index contributed by atoms with van der Waals surface area (Å²) in [5.41, 5.74) is 0. The molecule has 1 aliphatic heterocycles. The van der Waals surface area contributed by atoms with Gasteiger partial charge < -0.3 is 19.7 Å². The molecule has 1 atom stereocenters. The van der Waals surface area contributed by atoms with E-state index >= 15 is 0 Å². The average Bonchev–Trinajstić information content (AvgIpc) is 3.04. The Labute approximate surface area is 105 Å². The number of hydrogen-bond acceptors (Lipinski definition) is 4. The molecule has 1 aromatic heterocycles. The fraction of sp³-hybridized carbons (Fsp3) is 0.500. The molecule has 1 saturated heterocycles. The third-order valence-corrected chi connectivity index (χ3v) is 3.05. The molecule has 6 nitrogen and oxygen atoms in total. The lowest BCUT2D eigenvalue weighted by atomic mass is 10.2. The van der Waals surface area contributed by atoms with Crippen LogP contribution < -0.4 is 5.32 Å². The summed E-state index contributed by atoms with van der Waals surface area (Å²) in [5.74, 6) is -0.400. The topological polar surface area (TPSA) is 82.8 Å². The predicted molar refractivity (Wildman–Crippen MR) is 62.9 cm³/mol. The van der Waals surface area contributed by atoms with Gasteiger partial charge >= 0.3 is 0 Å². The van der Waals surface area contributed by atoms with Crippen LogP contribution in [0.2, 0.25) is 0 Å². The minimum Gasteiger partial charge on any atom is -0.459 e. The second-order valence-electron chi connectivity index (χ2n) is 4.23. The van der Waals surface area contributed by atoms with Crippen molar-refractivity contribution in [3.8, 4) is 0 Å². The Hall–Kier alpha value is -1.82. The Morgan fingerprint density at radius 2 is 2.39 bits per heavy atom. The molecule has 2 N–H and O–H groups in total. The van der Waals surface area contributed by atoms with Crippen molar-refractivity contribution in [3.63, 3.8) is 0 Å². The number of nitrogens with zero attached hydrogens (tertiary/aromatic N) is 1. The lowest BCUT2D eigenvalue weighted by molar-refractivity contribution is -0.131. The summed E-state index contributed by atoms with van der Waals surface area (Å²) in [5, 5.41) is 11.6. The lowest BCUT2D eigenvalue weighted by Crippen LogP contribution is -2.43. The summed E-state index contributed by atoms with van der Waals surface area (Å²) >= 11 is 0. The van der Waals surface area contributed by atoms with Crippen LogP contribution in [-0.2, 0) is 4.79 Å². The van der Waals surface area contributed by atoms with Crippen molar-refractivity contribution >= 4 is 11.8 Å². The number of nitrogens with one attached hydrogen (secondary N) is 1. The van der Waals surface area contributed by atoms with Crippen LogP contribution in [0.5, 0.6) is 0 Å². The van der Waals surface area contributed by atoms with Crippen LogP contribution in [0.15, 0.2) is 22.8 Å². The number of likely N-dealkylation sites (tertiary alicyclic amines) is 1. The first kappa shape index (κ1) is 12.6. The van der Waals surface area contributed by atoms with Crippen LogP contribution in [0.4, 0.5) is 0 Å². The van der Waals surface area contributed by atoms with Crippen LogP contribution in [0.1, 0.15) is 23.4 Å². The minimum absolute atomic E-state index is 0.0299. The summed E-state index contributed by atoms with van der Waals surface area (Å²) in [6.07, 6.45) is 3.11. The fourth-order valence-corrected chi connectivity index (χ4v) is 2.11. The van der Waals surface area contributed by atoms with E-state index < -0.39 is 5.91 Å². The Morgan fingerprint density at radius 3 is 3.06 bits per heavy atom. The van der Waals surface area contributed by atoms with Gasteiger partial charge in [-0.05, 0) is 25.0 Å². The largest absolute Gasteiger partial charge is 0.459 e. The maximum absolute atomic E-state index is 11.9. The van der Waals surface area contributed by atoms with Crippen LogP contribution in [0.3, 0.4) is 0 Å². The molecule has 0 radical (unpaired) electrons. The second kappa shape index (κ2) is 5.68. The van der Waals surface area contributed by atoms with Crippen LogP contribution >= 0.6 is 0 Å². The first-order chi connectivity index (χ1) is 8.72. The highest BCUT2D eigenvalue weighted by Gasteiger charge is 2.28. The zero-order valence-corrected chi connectivity index (χ0v) is 9.96. The summed E-state index contributed by atoms with van der Waals surface area (Å²) in [6.45, 7) is 0.536. The molecule has 2 amide bonds. The van der Waals surface area contributed by atoms with Crippen molar-refractivity contribution in [1.29, 1.82) is 0 Å². The van der Waals surface area contributed by atoms with E-state index in [-0.39, 0.29) is 30.9 Å². The van der Waals surface area contributed by atoms with Crippen LogP contribution in [0, 0.1) is 0 Å². The number of furan rings is 1. The number of aliphatic hydroxyl groups is 1. The molecule has 1 aromatic rings. The normalized spacial score (nSPS) is 18.9. The molecule has 6 heteroatoms. The number of aliphatic hydroxyl groups excluding tert-OH is 1. The van der Waals surface area contributed by atoms with Gasteiger partial charge in [0.1, 0.15) is 0 Å². The number of amides is 2. The molecule has 1 aliphatic rings. The standard InChI is InChI=1S/C12H16N2O4/c15-8-9-3-1-5-14(9)11(16)7-13-12(17)10-4-2-6-18-10/h2,4,6,9,15H,1,3,5,7-8H2,(H,13,17)/t9-/m0/s1. The Morgan fingerprint density at radius 1 is 1.56 bits per heavy atom. The highest BCUT2D eigenvalue weighted by molar-refractivity contribution is 5.94. The summed E-state index contributed by atoms with van der Waals surface area (Å²) in [4.78, 5) is 25.0. The quantitative estimate of drug-likeness (QED) is 0.789. The van der Waals surface area contributed by atoms with Gasteiger partial charge in [-0.3, -0.25) is 9.59 Å². The number of carbonyl (C=O) groups is 2. The molecule has 98 valence electrons. The van der Waals surface area contributed by atoms with E-state index in [1.54, 1.807) is 11.0 Å². The first-order valence-corrected chi connectivity index (χ1v) is 5.94. The van der Waals surface area contributed by atoms with E-state index in [0.717, 1.165) is 12.8 Å². The van der Waals surface area contributed by atoms with Gasteiger partial charge in [-0.25, -0.2) is 0 Å². The molecular weight excluding hydrogens is 236 g/mol. The van der Waals surface area contributed by atoms with E-state index in [2.05, 4.69) is 5.32 Å². The zero-order valence-electron chi connectivity index (χ0n) is 9.96. The number of hydrogen-bond donors (Lipinski definition) is 2. The Bertz CT molecular complexity index is 416. The van der Waals surface area contributed by atoms with E-state index in [0.29, 0.717) is 6.54 Å². The number of carbonyl (C=O) groups excluding carboxylic acids is 2. The third kappa shape index (κ3) is 2.70. The van der Waals surface area contributed by atoms with Gasteiger partial charge in [-0.2, -0.15) is 0 Å². The molecule has 0 saturated carbocycles. The average molecular weight is 252 g/mol. The molecule has 1 fully saturated rings. The van der Waals surface area contributed by atoms with Gasteiger partial charge in [0, 0.05) is 6.54 Å². The third-order valence-electron chi connectivity index (χ3n) is 3.05.